The molecule has 1 N–H and O–H groups in total. The summed E-state index contributed by atoms with van der Waals surface area (Å²) in [5, 5.41) is 3.26. The van der Waals surface area contributed by atoms with E-state index in [0.29, 0.717) is 6.54 Å². The number of anilines is 1. The third-order valence-corrected chi connectivity index (χ3v) is 5.36. The van der Waals surface area contributed by atoms with Gasteiger partial charge in [-0.2, -0.15) is 4.37 Å². The summed E-state index contributed by atoms with van der Waals surface area (Å²) >= 11 is 1.35. The van der Waals surface area contributed by atoms with Crippen LogP contribution in [0.3, 0.4) is 0 Å². The van der Waals surface area contributed by atoms with E-state index in [1.807, 2.05) is 10.6 Å². The number of hydrogen-bond acceptors (Lipinski definition) is 7. The second-order valence-electron chi connectivity index (χ2n) is 5.17. The van der Waals surface area contributed by atoms with E-state index >= 15 is 0 Å². The molecule has 142 valence electrons. The monoisotopic (exact) mass is 558 g/mol. The molecule has 0 atom stereocenters. The molecule has 0 fully saturated rings. The minimum Gasteiger partial charge on any atom is -0.541 e. The number of carbonyl (C=O) groups excluding carboxylic acids is 1. The van der Waals surface area contributed by atoms with Crippen molar-refractivity contribution in [3.8, 4) is 0 Å². The predicted octanol–water partition coefficient (Wildman–Crippen LogP) is 1.77. The van der Waals surface area contributed by atoms with Gasteiger partial charge in [-0.3, -0.25) is 4.40 Å². The van der Waals surface area contributed by atoms with Gasteiger partial charge in [-0.05, 0) is 12.8 Å². The summed E-state index contributed by atoms with van der Waals surface area (Å²) in [5.41, 5.74) is 0. The van der Waals surface area contributed by atoms with Crippen molar-refractivity contribution >= 4 is 38.8 Å². The molecule has 8 nitrogen and oxygen atoms in total. The van der Waals surface area contributed by atoms with E-state index in [1.165, 1.54) is 11.5 Å². The minimum absolute atomic E-state index is 0. The van der Waals surface area contributed by atoms with Gasteiger partial charge in [0.2, 0.25) is 20.9 Å². The molecule has 0 aliphatic carbocycles. The Labute approximate surface area is 167 Å². The molecule has 2 aromatic rings. The molecule has 0 aliphatic rings. The van der Waals surface area contributed by atoms with Crippen LogP contribution in [0.5, 0.6) is 0 Å². The summed E-state index contributed by atoms with van der Waals surface area (Å²) in [4.78, 5) is 15.4. The SMILES string of the molecule is C.CS(=O)(=O)N(C[C-]=O)CCCCCCNc1nsc2nccn12.[W]. The van der Waals surface area contributed by atoms with Gasteiger partial charge >= 0.3 is 0 Å². The number of fused-ring (bicyclic) bond motifs is 1. The molecule has 0 saturated carbocycles. The van der Waals surface area contributed by atoms with Gasteiger partial charge in [-0.15, -0.1) is 0 Å². The summed E-state index contributed by atoms with van der Waals surface area (Å²) in [6, 6.07) is 0. The molecule has 0 amide bonds. The molecule has 2 heterocycles. The van der Waals surface area contributed by atoms with Gasteiger partial charge in [0.05, 0.1) is 6.26 Å². The molecule has 2 aromatic heterocycles. The predicted molar refractivity (Wildman–Crippen MR) is 96.7 cm³/mol. The standard InChI is InChI=1S/C13H20N5O3S2.CH4.W/c1-23(20,21)17(10-11-19)8-5-3-2-4-6-14-12-16-22-13-15-7-9-18(12)13;;/h7,9H,2-6,8,10H2,1H3,(H,14,16);1H4;/q-1;;. The maximum Gasteiger partial charge on any atom is 0.220 e. The second-order valence-corrected chi connectivity index (χ2v) is 7.88. The van der Waals surface area contributed by atoms with E-state index in [-0.39, 0.29) is 35.0 Å². The zero-order valence-corrected chi connectivity index (χ0v) is 17.9. The molecule has 0 spiro atoms. The van der Waals surface area contributed by atoms with Gasteiger partial charge in [0, 0.05) is 58.1 Å². The van der Waals surface area contributed by atoms with Crippen molar-refractivity contribution in [2.45, 2.75) is 33.1 Å². The first-order valence-corrected chi connectivity index (χ1v) is 9.97. The van der Waals surface area contributed by atoms with E-state index in [9.17, 15) is 13.2 Å². The number of nitrogens with zero attached hydrogens (tertiary/aromatic N) is 4. The molecule has 0 unspecified atom stereocenters. The molecular formula is C14H24N5O3S2W-. The molecule has 25 heavy (non-hydrogen) atoms. The summed E-state index contributed by atoms with van der Waals surface area (Å²) in [6.07, 6.45) is 9.94. The number of rotatable bonds is 11. The zero-order valence-electron chi connectivity index (χ0n) is 13.3. The summed E-state index contributed by atoms with van der Waals surface area (Å²) in [7, 11) is -3.33. The Morgan fingerprint density at radius 2 is 2.04 bits per heavy atom. The Morgan fingerprint density at radius 1 is 1.32 bits per heavy atom. The molecule has 0 saturated heterocycles. The van der Waals surface area contributed by atoms with Gasteiger partial charge in [-0.25, -0.2) is 24.0 Å². The van der Waals surface area contributed by atoms with Crippen molar-refractivity contribution in [2.24, 2.45) is 0 Å². The van der Waals surface area contributed by atoms with Gasteiger partial charge in [0.15, 0.2) is 0 Å². The Morgan fingerprint density at radius 3 is 2.72 bits per heavy atom. The quantitative estimate of drug-likeness (QED) is 0.334. The van der Waals surface area contributed by atoms with Crippen LogP contribution >= 0.6 is 11.5 Å². The number of sulfonamides is 1. The fourth-order valence-electron chi connectivity index (χ4n) is 2.16. The first-order valence-electron chi connectivity index (χ1n) is 7.35. The zero-order chi connectivity index (χ0) is 16.7. The maximum atomic E-state index is 11.4. The van der Waals surface area contributed by atoms with Crippen LogP contribution in [0.2, 0.25) is 0 Å². The van der Waals surface area contributed by atoms with Crippen LogP contribution in [0.25, 0.3) is 4.96 Å². The van der Waals surface area contributed by atoms with Crippen molar-refractivity contribution in [1.29, 1.82) is 0 Å². The van der Waals surface area contributed by atoms with Crippen molar-refractivity contribution in [3.05, 3.63) is 12.4 Å². The van der Waals surface area contributed by atoms with Crippen LogP contribution in [-0.4, -0.2) is 58.7 Å². The van der Waals surface area contributed by atoms with Crippen molar-refractivity contribution in [3.63, 3.8) is 0 Å². The first-order chi connectivity index (χ1) is 11.0. The topological polar surface area (TPSA) is 96.7 Å². The van der Waals surface area contributed by atoms with Crippen LogP contribution < -0.4 is 5.32 Å². The molecule has 0 aliphatic heterocycles. The van der Waals surface area contributed by atoms with Gasteiger partial charge < -0.3 is 10.1 Å². The van der Waals surface area contributed by atoms with E-state index in [2.05, 4.69) is 14.7 Å². The minimum atomic E-state index is -3.33. The largest absolute Gasteiger partial charge is 0.541 e. The Kier molecular flexibility index (Phi) is 11.3. The van der Waals surface area contributed by atoms with Crippen molar-refractivity contribution in [1.82, 2.24) is 18.1 Å². The molecular weight excluding hydrogens is 534 g/mol. The van der Waals surface area contributed by atoms with Gasteiger partial charge in [0.1, 0.15) is 0 Å². The smallest absolute Gasteiger partial charge is 0.220 e. The van der Waals surface area contributed by atoms with Gasteiger partial charge in [-0.1, -0.05) is 26.8 Å². The Hall–Kier alpha value is -0.832. The maximum absolute atomic E-state index is 11.4. The summed E-state index contributed by atoms with van der Waals surface area (Å²) in [6.45, 7) is 0.975. The number of nitrogens with one attached hydrogen (secondary N) is 1. The molecule has 11 heteroatoms. The van der Waals surface area contributed by atoms with Crippen molar-refractivity contribution in [2.75, 3.05) is 31.2 Å². The first kappa shape index (κ1) is 24.2. The van der Waals surface area contributed by atoms with Crippen LogP contribution in [0.15, 0.2) is 12.4 Å². The molecule has 0 bridgehead atoms. The van der Waals surface area contributed by atoms with E-state index in [0.717, 1.165) is 53.7 Å². The third kappa shape index (κ3) is 7.51. The van der Waals surface area contributed by atoms with Crippen LogP contribution in [0.4, 0.5) is 5.95 Å². The fraction of sp³-hybridized carbons (Fsp3) is 0.643. The Bertz CT molecular complexity index is 732. The normalized spacial score (nSPS) is 11.1. The molecule has 0 radical (unpaired) electrons. The van der Waals surface area contributed by atoms with Crippen LogP contribution in [0.1, 0.15) is 33.1 Å². The fourth-order valence-corrected chi connectivity index (χ4v) is 3.58. The average Bonchev–Trinajstić information content (AvgIpc) is 3.08. The number of imidazole rings is 1. The summed E-state index contributed by atoms with van der Waals surface area (Å²) in [5.74, 6) is 0.798. The number of hydrogen-bond donors (Lipinski definition) is 1. The summed E-state index contributed by atoms with van der Waals surface area (Å²) < 4.78 is 30.2. The van der Waals surface area contributed by atoms with Crippen molar-refractivity contribution < 1.29 is 34.3 Å². The van der Waals surface area contributed by atoms with Crippen LogP contribution in [-0.2, 0) is 35.9 Å². The third-order valence-electron chi connectivity index (χ3n) is 3.38. The van der Waals surface area contributed by atoms with E-state index in [4.69, 9.17) is 0 Å². The Balaban J connectivity index is 0.00000288. The number of aromatic nitrogens is 3. The van der Waals surface area contributed by atoms with E-state index < -0.39 is 10.0 Å². The second kappa shape index (κ2) is 11.7. The van der Waals surface area contributed by atoms with Crippen LogP contribution in [0, 0.1) is 0 Å². The molecule has 2 rings (SSSR count). The molecule has 0 aromatic carbocycles. The number of unbranched alkanes of at least 4 members (excludes halogenated alkanes) is 3. The van der Waals surface area contributed by atoms with E-state index in [1.54, 1.807) is 12.5 Å². The average molecular weight is 558 g/mol. The van der Waals surface area contributed by atoms with Gasteiger partial charge in [0.25, 0.3) is 0 Å².